The summed E-state index contributed by atoms with van der Waals surface area (Å²) in [6, 6.07) is 25.3. The monoisotopic (exact) mass is 1090 g/mol. The molecule has 0 saturated heterocycles. The van der Waals surface area contributed by atoms with Crippen molar-refractivity contribution >= 4 is 72.2 Å². The van der Waals surface area contributed by atoms with Crippen LogP contribution in [0.2, 0.25) is 51.4 Å². The lowest BCUT2D eigenvalue weighted by Crippen LogP contribution is -2.26. The number of rotatable bonds is 16. The fourth-order valence-electron chi connectivity index (χ4n) is 9.22. The summed E-state index contributed by atoms with van der Waals surface area (Å²) in [4.78, 5) is 35.9. The molecular formula is C60H76N8O8Si2. The normalized spacial score (nSPS) is 12.2. The highest BCUT2D eigenvalue weighted by Crippen LogP contribution is 2.37. The van der Waals surface area contributed by atoms with Crippen LogP contribution in [-0.4, -0.2) is 95.2 Å². The second-order valence-electron chi connectivity index (χ2n) is 24.2. The van der Waals surface area contributed by atoms with Crippen molar-refractivity contribution < 1.29 is 38.0 Å². The highest BCUT2D eigenvalue weighted by atomic mass is 28.3. The fourth-order valence-corrected chi connectivity index (χ4v) is 10.7. The third kappa shape index (κ3) is 13.9. The lowest BCUT2D eigenvalue weighted by atomic mass is 10.0. The van der Waals surface area contributed by atoms with E-state index in [1.165, 1.54) is 0 Å². The molecule has 16 nitrogen and oxygen atoms in total. The van der Waals surface area contributed by atoms with E-state index < -0.39 is 39.5 Å². The van der Waals surface area contributed by atoms with Crippen molar-refractivity contribution in [3.63, 3.8) is 0 Å². The van der Waals surface area contributed by atoms with Crippen LogP contribution in [0, 0.1) is 36.5 Å². The Hall–Kier alpha value is -7.23. The fraction of sp³-hybridized carbons (Fsp3) is 0.433. The van der Waals surface area contributed by atoms with Gasteiger partial charge in [0.2, 0.25) is 0 Å². The molecule has 412 valence electrons. The van der Waals surface area contributed by atoms with Crippen molar-refractivity contribution in [3.8, 4) is 23.6 Å². The molecule has 8 aromatic rings. The molecule has 0 aliphatic rings. The maximum atomic E-state index is 13.0. The van der Waals surface area contributed by atoms with E-state index >= 15 is 0 Å². The van der Waals surface area contributed by atoms with Crippen LogP contribution >= 0.6 is 0 Å². The van der Waals surface area contributed by atoms with Crippen LogP contribution in [0.4, 0.5) is 9.59 Å². The minimum Gasteiger partial charge on any atom is -0.496 e. The Morgan fingerprint density at radius 3 is 1.42 bits per heavy atom. The Kier molecular flexibility index (Phi) is 17.5. The van der Waals surface area contributed by atoms with Crippen LogP contribution in [0.25, 0.3) is 43.9 Å². The predicted molar refractivity (Wildman–Crippen MR) is 312 cm³/mol. The Labute approximate surface area is 460 Å². The number of methoxy groups -OCH3 is 2. The number of hydrogen-bond acceptors (Lipinski definition) is 12. The molecule has 0 aliphatic heterocycles. The molecule has 78 heavy (non-hydrogen) atoms. The summed E-state index contributed by atoms with van der Waals surface area (Å²) in [7, 11) is 0.824. The maximum absolute atomic E-state index is 13.0. The number of imidazole rings is 2. The highest BCUT2D eigenvalue weighted by molar-refractivity contribution is 6.76. The van der Waals surface area contributed by atoms with Crippen LogP contribution in [0.5, 0.6) is 11.5 Å². The van der Waals surface area contributed by atoms with Crippen molar-refractivity contribution in [3.05, 3.63) is 118 Å². The van der Waals surface area contributed by atoms with E-state index in [9.17, 15) is 20.1 Å². The van der Waals surface area contributed by atoms with Crippen molar-refractivity contribution in [2.24, 2.45) is 0 Å². The van der Waals surface area contributed by atoms with Gasteiger partial charge in [-0.3, -0.25) is 9.13 Å². The molecule has 0 bridgehead atoms. The van der Waals surface area contributed by atoms with E-state index in [0.29, 0.717) is 50.6 Å². The molecular weight excluding hydrogens is 1020 g/mol. The van der Waals surface area contributed by atoms with Crippen molar-refractivity contribution in [2.45, 2.75) is 144 Å². The molecule has 0 N–H and O–H groups in total. The molecule has 0 amide bonds. The van der Waals surface area contributed by atoms with Crippen LogP contribution in [0.15, 0.2) is 73.1 Å². The van der Waals surface area contributed by atoms with E-state index in [4.69, 9.17) is 38.4 Å². The van der Waals surface area contributed by atoms with E-state index in [1.807, 2.05) is 102 Å². The number of carbonyl (C=O) groups excluding carboxylic acids is 2. The first-order valence-electron chi connectivity index (χ1n) is 26.4. The van der Waals surface area contributed by atoms with Gasteiger partial charge < -0.3 is 37.6 Å². The molecule has 18 heteroatoms. The summed E-state index contributed by atoms with van der Waals surface area (Å²) in [5.74, 6) is 3.03. The zero-order valence-corrected chi connectivity index (χ0v) is 50.4. The van der Waals surface area contributed by atoms with E-state index in [0.717, 1.165) is 101 Å². The molecule has 4 aromatic carbocycles. The van der Waals surface area contributed by atoms with Gasteiger partial charge in [-0.15, -0.1) is 0 Å². The SMILES string of the molecule is COc1cc(C)c2c(ccn2C(=O)OC(C)(C)C)c1Cc1nc2cc(C#N)ccc2n1COCC[Si](C)(C)C.COc1cc(C)c2c(ccn2C(=O)OC(C)(C)C)c1Cc1nc2ccc(C#N)cc2n1COCC[Si](C)(C)C. The molecule has 0 radical (unpaired) electrons. The van der Waals surface area contributed by atoms with Gasteiger partial charge in [0, 0.05) is 76.5 Å². The number of carbonyl (C=O) groups is 2. The van der Waals surface area contributed by atoms with Gasteiger partial charge >= 0.3 is 12.2 Å². The van der Waals surface area contributed by atoms with Crippen LogP contribution < -0.4 is 9.47 Å². The van der Waals surface area contributed by atoms with Crippen LogP contribution in [0.1, 0.15) is 86.6 Å². The van der Waals surface area contributed by atoms with Crippen LogP contribution in [0.3, 0.4) is 0 Å². The summed E-state index contributed by atoms with van der Waals surface area (Å²) in [6.45, 7) is 31.0. The zero-order valence-electron chi connectivity index (χ0n) is 48.4. The number of fused-ring (bicyclic) bond motifs is 4. The lowest BCUT2D eigenvalue weighted by Gasteiger charge is -2.20. The number of nitrogens with zero attached hydrogens (tertiary/aromatic N) is 8. The summed E-state index contributed by atoms with van der Waals surface area (Å²) in [6.07, 6.45) is 3.54. The second-order valence-corrected chi connectivity index (χ2v) is 35.4. The highest BCUT2D eigenvalue weighted by Gasteiger charge is 2.26. The topological polar surface area (TPSA) is 183 Å². The van der Waals surface area contributed by atoms with Gasteiger partial charge in [-0.25, -0.2) is 19.6 Å². The van der Waals surface area contributed by atoms with Gasteiger partial charge in [-0.1, -0.05) is 39.3 Å². The predicted octanol–water partition coefficient (Wildman–Crippen LogP) is 13.7. The van der Waals surface area contributed by atoms with Gasteiger partial charge in [0.1, 0.15) is 47.8 Å². The minimum atomic E-state index is -1.24. The summed E-state index contributed by atoms with van der Waals surface area (Å²) < 4.78 is 42.4. The number of ether oxygens (including phenoxy) is 6. The van der Waals surface area contributed by atoms with E-state index in [-0.39, 0.29) is 0 Å². The number of aromatic nitrogens is 6. The third-order valence-corrected chi connectivity index (χ3v) is 16.5. The first-order valence-corrected chi connectivity index (χ1v) is 33.8. The Morgan fingerprint density at radius 1 is 0.577 bits per heavy atom. The molecule has 0 aliphatic carbocycles. The maximum Gasteiger partial charge on any atom is 0.419 e. The molecule has 0 unspecified atom stereocenters. The lowest BCUT2D eigenvalue weighted by molar-refractivity contribution is 0.0533. The van der Waals surface area contributed by atoms with Gasteiger partial charge in [-0.05, 0) is 139 Å². The molecule has 0 fully saturated rings. The van der Waals surface area contributed by atoms with Gasteiger partial charge in [0.15, 0.2) is 0 Å². The van der Waals surface area contributed by atoms with E-state index in [1.54, 1.807) is 53.9 Å². The third-order valence-electron chi connectivity index (χ3n) is 13.1. The second kappa shape index (κ2) is 23.4. The minimum absolute atomic E-state index is 0.335. The zero-order chi connectivity index (χ0) is 57.1. The summed E-state index contributed by atoms with van der Waals surface area (Å²) >= 11 is 0. The Bertz CT molecular complexity index is 3480. The van der Waals surface area contributed by atoms with Crippen molar-refractivity contribution in [1.29, 1.82) is 10.5 Å². The Morgan fingerprint density at radius 2 is 1.00 bits per heavy atom. The quantitative estimate of drug-likeness (QED) is 0.0660. The average molecular weight is 1090 g/mol. The molecule has 4 aromatic heterocycles. The number of nitriles is 2. The average Bonchev–Trinajstić information content (AvgIpc) is 4.22. The van der Waals surface area contributed by atoms with Gasteiger partial charge in [0.25, 0.3) is 0 Å². The van der Waals surface area contributed by atoms with Gasteiger partial charge in [0.05, 0.1) is 70.6 Å². The van der Waals surface area contributed by atoms with Crippen molar-refractivity contribution in [2.75, 3.05) is 27.4 Å². The standard InChI is InChI=1S/2C30H38N4O4Si/c1-20-15-26(36-5)23(22-11-12-33(28(20)22)29(35)38-30(2,3)4)17-27-32-24-16-21(18-31)9-10-25(24)34(27)19-37-13-14-39(6,7)8;1-20-15-26(36-5)23(22-11-12-33(28(20)22)29(35)38-30(2,3)4)17-27-32-24-10-9-21(18-31)16-25(24)34(27)19-37-13-14-39(6,7)8/h2*9-12,15-16H,13-14,17,19H2,1-8H3. The first kappa shape index (κ1) is 58.5. The van der Waals surface area contributed by atoms with Crippen LogP contribution in [-0.2, 0) is 45.3 Å². The van der Waals surface area contributed by atoms with Gasteiger partial charge in [-0.2, -0.15) is 10.5 Å². The largest absolute Gasteiger partial charge is 0.496 e. The molecule has 0 spiro atoms. The molecule has 0 saturated carbocycles. The number of benzene rings is 4. The first-order chi connectivity index (χ1) is 36.6. The molecule has 4 heterocycles. The number of aryl methyl sites for hydroxylation is 2. The molecule has 8 rings (SSSR count). The summed E-state index contributed by atoms with van der Waals surface area (Å²) in [5.41, 5.74) is 8.41. The van der Waals surface area contributed by atoms with Crippen molar-refractivity contribution in [1.82, 2.24) is 28.2 Å². The summed E-state index contributed by atoms with van der Waals surface area (Å²) in [5, 5.41) is 20.7. The number of hydrogen-bond donors (Lipinski definition) is 0. The Balaban J connectivity index is 0.000000226. The molecule has 0 atom stereocenters. The van der Waals surface area contributed by atoms with E-state index in [2.05, 4.69) is 56.0 Å². The smallest absolute Gasteiger partial charge is 0.419 e.